The fourth-order valence-electron chi connectivity index (χ4n) is 1.89. The van der Waals surface area contributed by atoms with Crippen LogP contribution in [0.3, 0.4) is 0 Å². The highest BCUT2D eigenvalue weighted by Gasteiger charge is 2.21. The quantitative estimate of drug-likeness (QED) is 0.652. The van der Waals surface area contributed by atoms with Gasteiger partial charge in [-0.2, -0.15) is 0 Å². The number of aromatic nitrogens is 3. The van der Waals surface area contributed by atoms with Crippen molar-refractivity contribution < 1.29 is 14.3 Å². The number of nitrogens with zero attached hydrogens (tertiary/aromatic N) is 3. The summed E-state index contributed by atoms with van der Waals surface area (Å²) in [5.41, 5.74) is 0.192. The molecular formula is C15H12ClN3O3S. The zero-order valence-electron chi connectivity index (χ0n) is 12.1. The van der Waals surface area contributed by atoms with E-state index in [9.17, 15) is 4.79 Å². The minimum atomic E-state index is -0.526. The third-order valence-electron chi connectivity index (χ3n) is 2.83. The van der Waals surface area contributed by atoms with Gasteiger partial charge in [0.1, 0.15) is 5.75 Å². The van der Waals surface area contributed by atoms with E-state index in [2.05, 4.69) is 10.1 Å². The van der Waals surface area contributed by atoms with Crippen molar-refractivity contribution in [2.45, 2.75) is 6.92 Å². The fraction of sp³-hybridized carbons (Fsp3) is 0.133. The molecule has 3 heterocycles. The molecule has 23 heavy (non-hydrogen) atoms. The molecule has 0 aromatic carbocycles. The molecule has 0 spiro atoms. The first-order valence-corrected chi connectivity index (χ1v) is 8.09. The van der Waals surface area contributed by atoms with Crippen molar-refractivity contribution in [3.8, 4) is 17.4 Å². The van der Waals surface area contributed by atoms with E-state index in [-0.39, 0.29) is 18.2 Å². The number of carbonyl (C=O) groups excluding carboxylic acids is 1. The molecule has 8 heteroatoms. The summed E-state index contributed by atoms with van der Waals surface area (Å²) in [6.45, 7) is 1.98. The third kappa shape index (κ3) is 3.35. The number of thiophene rings is 1. The van der Waals surface area contributed by atoms with Crippen LogP contribution in [0.4, 0.5) is 0 Å². The predicted molar refractivity (Wildman–Crippen MR) is 86.7 cm³/mol. The minimum Gasteiger partial charge on any atom is -0.461 e. The number of rotatable bonds is 5. The van der Waals surface area contributed by atoms with E-state index in [0.717, 1.165) is 0 Å². The van der Waals surface area contributed by atoms with Gasteiger partial charge >= 0.3 is 5.97 Å². The smallest absolute Gasteiger partial charge is 0.357 e. The van der Waals surface area contributed by atoms with E-state index in [1.165, 1.54) is 22.1 Å². The highest BCUT2D eigenvalue weighted by molar-refractivity contribution is 7.08. The fourth-order valence-corrected chi connectivity index (χ4v) is 2.64. The normalized spacial score (nSPS) is 10.5. The van der Waals surface area contributed by atoms with Crippen LogP contribution in [0, 0.1) is 0 Å². The number of ether oxygens (including phenoxy) is 2. The van der Waals surface area contributed by atoms with Crippen molar-refractivity contribution in [1.82, 2.24) is 14.8 Å². The van der Waals surface area contributed by atoms with E-state index in [0.29, 0.717) is 16.6 Å². The van der Waals surface area contributed by atoms with Crippen molar-refractivity contribution in [3.63, 3.8) is 0 Å². The van der Waals surface area contributed by atoms with Crippen molar-refractivity contribution in [2.75, 3.05) is 6.61 Å². The molecule has 0 aliphatic heterocycles. The van der Waals surface area contributed by atoms with Crippen LogP contribution in [0.25, 0.3) is 5.82 Å². The number of carbonyl (C=O) groups is 1. The molecule has 0 amide bonds. The molecular weight excluding hydrogens is 338 g/mol. The SMILES string of the molecule is CCOC(=O)c1cc(Oc2ccsc2)nn1-c1ncccc1Cl. The Hall–Kier alpha value is -2.38. The van der Waals surface area contributed by atoms with Gasteiger partial charge in [0.05, 0.1) is 11.6 Å². The molecule has 0 aliphatic carbocycles. The molecule has 6 nitrogen and oxygen atoms in total. The lowest BCUT2D eigenvalue weighted by Gasteiger charge is -2.06. The van der Waals surface area contributed by atoms with Crippen molar-refractivity contribution in [1.29, 1.82) is 0 Å². The van der Waals surface area contributed by atoms with E-state index >= 15 is 0 Å². The third-order valence-corrected chi connectivity index (χ3v) is 3.79. The van der Waals surface area contributed by atoms with Gasteiger partial charge in [-0.15, -0.1) is 16.4 Å². The second kappa shape index (κ2) is 6.80. The maximum atomic E-state index is 12.2. The topological polar surface area (TPSA) is 66.2 Å². The number of hydrogen-bond acceptors (Lipinski definition) is 6. The van der Waals surface area contributed by atoms with Gasteiger partial charge in [-0.05, 0) is 30.5 Å². The first-order chi connectivity index (χ1) is 11.2. The molecule has 0 unspecified atom stereocenters. The summed E-state index contributed by atoms with van der Waals surface area (Å²) in [6.07, 6.45) is 1.57. The number of halogens is 1. The number of hydrogen-bond donors (Lipinski definition) is 0. The standard InChI is InChI=1S/C15H12ClN3O3S/c1-2-21-15(20)12-8-13(22-10-5-7-23-9-10)18-19(12)14-11(16)4-3-6-17-14/h3-9H,2H2,1H3. The van der Waals surface area contributed by atoms with Crippen LogP contribution < -0.4 is 4.74 Å². The van der Waals surface area contributed by atoms with Gasteiger partial charge in [-0.25, -0.2) is 14.5 Å². The van der Waals surface area contributed by atoms with Crippen LogP contribution >= 0.6 is 22.9 Å². The zero-order valence-corrected chi connectivity index (χ0v) is 13.7. The second-order valence-corrected chi connectivity index (χ2v) is 5.56. The Morgan fingerprint density at radius 2 is 2.30 bits per heavy atom. The highest BCUT2D eigenvalue weighted by Crippen LogP contribution is 2.26. The predicted octanol–water partition coefficient (Wildman–Crippen LogP) is 3.95. The summed E-state index contributed by atoms with van der Waals surface area (Å²) in [6, 6.07) is 6.67. The lowest BCUT2D eigenvalue weighted by Crippen LogP contribution is -2.13. The first-order valence-electron chi connectivity index (χ1n) is 6.77. The summed E-state index contributed by atoms with van der Waals surface area (Å²) in [4.78, 5) is 16.3. The molecule has 0 saturated heterocycles. The Kier molecular flexibility index (Phi) is 4.59. The summed E-state index contributed by atoms with van der Waals surface area (Å²) >= 11 is 7.65. The van der Waals surface area contributed by atoms with Crippen LogP contribution in [-0.2, 0) is 4.74 Å². The van der Waals surface area contributed by atoms with E-state index in [4.69, 9.17) is 21.1 Å². The summed E-state index contributed by atoms with van der Waals surface area (Å²) in [5, 5.41) is 8.35. The summed E-state index contributed by atoms with van der Waals surface area (Å²) < 4.78 is 12.0. The zero-order chi connectivity index (χ0) is 16.2. The van der Waals surface area contributed by atoms with Gasteiger partial charge in [0.15, 0.2) is 11.5 Å². The number of pyridine rings is 1. The second-order valence-electron chi connectivity index (χ2n) is 4.37. The van der Waals surface area contributed by atoms with Gasteiger partial charge < -0.3 is 9.47 Å². The molecule has 0 fully saturated rings. The minimum absolute atomic E-state index is 0.192. The molecule has 3 aromatic rings. The molecule has 0 radical (unpaired) electrons. The van der Waals surface area contributed by atoms with Crippen LogP contribution in [0.5, 0.6) is 11.6 Å². The molecule has 0 aliphatic rings. The number of esters is 1. The molecule has 118 valence electrons. The van der Waals surface area contributed by atoms with Crippen molar-refractivity contribution in [3.05, 3.63) is 51.9 Å². The van der Waals surface area contributed by atoms with E-state index in [1.54, 1.807) is 25.3 Å². The average molecular weight is 350 g/mol. The van der Waals surface area contributed by atoms with Gasteiger partial charge in [0.25, 0.3) is 0 Å². The Labute approximate surface area is 141 Å². The maximum Gasteiger partial charge on any atom is 0.357 e. The lowest BCUT2D eigenvalue weighted by molar-refractivity contribution is 0.0515. The molecule has 0 atom stereocenters. The van der Waals surface area contributed by atoms with E-state index < -0.39 is 5.97 Å². The van der Waals surface area contributed by atoms with Gasteiger partial charge in [0.2, 0.25) is 5.88 Å². The Balaban J connectivity index is 2.03. The Morgan fingerprint density at radius 3 is 3.00 bits per heavy atom. The first kappa shape index (κ1) is 15.5. The van der Waals surface area contributed by atoms with Crippen molar-refractivity contribution >= 4 is 28.9 Å². The Bertz CT molecular complexity index is 817. The molecule has 3 rings (SSSR count). The maximum absolute atomic E-state index is 12.2. The molecule has 0 N–H and O–H groups in total. The monoisotopic (exact) mass is 349 g/mol. The van der Waals surface area contributed by atoms with Crippen LogP contribution in [0.2, 0.25) is 5.02 Å². The molecule has 0 saturated carbocycles. The summed E-state index contributed by atoms with van der Waals surface area (Å²) in [7, 11) is 0. The Morgan fingerprint density at radius 1 is 1.43 bits per heavy atom. The molecule has 0 bridgehead atoms. The highest BCUT2D eigenvalue weighted by atomic mass is 35.5. The molecule has 3 aromatic heterocycles. The van der Waals surface area contributed by atoms with Crippen LogP contribution in [-0.4, -0.2) is 27.3 Å². The van der Waals surface area contributed by atoms with Gasteiger partial charge in [-0.3, -0.25) is 0 Å². The van der Waals surface area contributed by atoms with Crippen molar-refractivity contribution in [2.24, 2.45) is 0 Å². The van der Waals surface area contributed by atoms with Crippen LogP contribution in [0.1, 0.15) is 17.4 Å². The summed E-state index contributed by atoms with van der Waals surface area (Å²) in [5.74, 6) is 0.703. The largest absolute Gasteiger partial charge is 0.461 e. The average Bonchev–Trinajstić information content (AvgIpc) is 3.18. The van der Waals surface area contributed by atoms with Crippen LogP contribution in [0.15, 0.2) is 41.2 Å². The van der Waals surface area contributed by atoms with Gasteiger partial charge in [-0.1, -0.05) is 11.6 Å². The van der Waals surface area contributed by atoms with E-state index in [1.807, 2.05) is 16.8 Å². The van der Waals surface area contributed by atoms with Gasteiger partial charge in [0, 0.05) is 17.6 Å². The lowest BCUT2D eigenvalue weighted by atomic mass is 10.4.